The third kappa shape index (κ3) is 63.8. The van der Waals surface area contributed by atoms with Gasteiger partial charge < -0.3 is 34.2 Å². The van der Waals surface area contributed by atoms with Crippen molar-refractivity contribution in [2.75, 3.05) is 39.6 Å². The predicted octanol–water partition coefficient (Wildman–Crippen LogP) is 17.3. The van der Waals surface area contributed by atoms with E-state index in [1.54, 1.807) is 0 Å². The monoisotopic (exact) mass is 1280 g/mol. The second-order valence-corrected chi connectivity index (χ2v) is 23.0. The molecule has 0 aliphatic carbocycles. The topological polar surface area (TPSA) is 231 Å². The maximum absolute atomic E-state index is 12.9. The molecule has 0 aliphatic heterocycles. The number of aliphatic hydroxyl groups excluding tert-OH is 2. The maximum Gasteiger partial charge on any atom is 0.472 e. The Labute approximate surface area is 534 Å². The quantitative estimate of drug-likeness (QED) is 0.0146. The average molecular weight is 1280 g/mol. The number of carbonyl (C=O) groups is 3. The van der Waals surface area contributed by atoms with Crippen LogP contribution in [0.5, 0.6) is 0 Å². The van der Waals surface area contributed by atoms with Gasteiger partial charge in [0.1, 0.15) is 25.4 Å². The molecule has 89 heavy (non-hydrogen) atoms. The zero-order valence-corrected chi connectivity index (χ0v) is 55.3. The molecule has 0 bridgehead atoms. The molecule has 5 atom stereocenters. The van der Waals surface area contributed by atoms with Crippen LogP contribution in [0.3, 0.4) is 0 Å². The number of phosphoric acid groups is 2. The number of hydrogen-bond acceptors (Lipinski definition) is 14. The zero-order valence-electron chi connectivity index (χ0n) is 53.5. The highest BCUT2D eigenvalue weighted by atomic mass is 31.2. The maximum atomic E-state index is 12.9. The Balaban J connectivity index is 4.91. The minimum atomic E-state index is -4.97. The fourth-order valence-corrected chi connectivity index (χ4v) is 8.66. The number of carbonyl (C=O) groups excluding carboxylic acids is 3. The fourth-order valence-electron chi connectivity index (χ4n) is 7.08. The van der Waals surface area contributed by atoms with Gasteiger partial charge in [0.05, 0.1) is 26.4 Å². The minimum Gasteiger partial charge on any atom is -0.463 e. The summed E-state index contributed by atoms with van der Waals surface area (Å²) in [5, 5.41) is 20.5. The van der Waals surface area contributed by atoms with Gasteiger partial charge in [0.25, 0.3) is 0 Å². The molecular formula is C71H108O16P2. The van der Waals surface area contributed by atoms with E-state index >= 15 is 0 Å². The summed E-state index contributed by atoms with van der Waals surface area (Å²) in [6.45, 7) is 2.02. The van der Waals surface area contributed by atoms with Gasteiger partial charge in [-0.1, -0.05) is 215 Å². The van der Waals surface area contributed by atoms with Gasteiger partial charge in [-0.2, -0.15) is 0 Å². The number of phosphoric ester groups is 2. The largest absolute Gasteiger partial charge is 0.472 e. The molecule has 0 aromatic heterocycles. The van der Waals surface area contributed by atoms with E-state index < -0.39 is 91.5 Å². The molecule has 0 fully saturated rings. The molecule has 0 aromatic carbocycles. The van der Waals surface area contributed by atoms with E-state index in [-0.39, 0.29) is 19.3 Å². The van der Waals surface area contributed by atoms with E-state index in [0.29, 0.717) is 38.5 Å². The molecule has 0 rings (SSSR count). The molecule has 0 spiro atoms. The molecule has 0 saturated heterocycles. The molecule has 4 N–H and O–H groups in total. The van der Waals surface area contributed by atoms with Crippen molar-refractivity contribution in [3.05, 3.63) is 194 Å². The van der Waals surface area contributed by atoms with Crippen LogP contribution in [0, 0.1) is 0 Å². The second kappa shape index (κ2) is 62.6. The molecule has 0 aliphatic rings. The lowest BCUT2D eigenvalue weighted by molar-refractivity contribution is -0.161. The first kappa shape index (κ1) is 83.4. The Morgan fingerprint density at radius 2 is 0.562 bits per heavy atom. The van der Waals surface area contributed by atoms with Crippen LogP contribution in [-0.2, 0) is 55.8 Å². The van der Waals surface area contributed by atoms with Gasteiger partial charge >= 0.3 is 33.6 Å². The predicted molar refractivity (Wildman–Crippen MR) is 361 cm³/mol. The van der Waals surface area contributed by atoms with E-state index in [0.717, 1.165) is 96.3 Å². The Hall–Kier alpha value is -5.61. The number of ether oxygens (including phenoxy) is 3. The summed E-state index contributed by atoms with van der Waals surface area (Å²) in [4.78, 5) is 58.2. The molecule has 0 saturated carbocycles. The number of rotatable bonds is 57. The summed E-state index contributed by atoms with van der Waals surface area (Å²) in [5.41, 5.74) is 0. The third-order valence-electron chi connectivity index (χ3n) is 11.8. The Bertz CT molecular complexity index is 2400. The summed E-state index contributed by atoms with van der Waals surface area (Å²) in [7, 11) is -9.85. The van der Waals surface area contributed by atoms with Gasteiger partial charge in [-0.15, -0.1) is 0 Å². The Morgan fingerprint density at radius 1 is 0.315 bits per heavy atom. The number of hydrogen-bond donors (Lipinski definition) is 4. The molecule has 0 amide bonds. The van der Waals surface area contributed by atoms with Crippen LogP contribution in [0.4, 0.5) is 0 Å². The lowest BCUT2D eigenvalue weighted by Gasteiger charge is -2.21. The normalized spacial score (nSPS) is 15.5. The molecule has 5 unspecified atom stereocenters. The molecule has 16 nitrogen and oxygen atoms in total. The van der Waals surface area contributed by atoms with Crippen molar-refractivity contribution in [1.82, 2.24) is 0 Å². The molecular weight excluding hydrogens is 1170 g/mol. The lowest BCUT2D eigenvalue weighted by atomic mass is 10.2. The molecule has 0 heterocycles. The van der Waals surface area contributed by atoms with Crippen LogP contribution in [0.15, 0.2) is 194 Å². The highest BCUT2D eigenvalue weighted by Gasteiger charge is 2.29. The van der Waals surface area contributed by atoms with E-state index in [1.807, 2.05) is 42.5 Å². The third-order valence-corrected chi connectivity index (χ3v) is 13.7. The molecule has 0 radical (unpaired) electrons. The summed E-state index contributed by atoms with van der Waals surface area (Å²) in [6.07, 6.45) is 79.5. The number of allylic oxidation sites excluding steroid dienone is 32. The summed E-state index contributed by atoms with van der Waals surface area (Å²) in [6, 6.07) is 0. The van der Waals surface area contributed by atoms with E-state index in [2.05, 4.69) is 173 Å². The van der Waals surface area contributed by atoms with Crippen molar-refractivity contribution in [3.8, 4) is 0 Å². The van der Waals surface area contributed by atoms with Crippen LogP contribution < -0.4 is 0 Å². The average Bonchev–Trinajstić information content (AvgIpc) is 3.54. The molecule has 498 valence electrons. The van der Waals surface area contributed by atoms with E-state index in [9.17, 15) is 43.5 Å². The SMILES string of the molecule is CC/C=C\C/C=C\C/C=C\C/C=C\C/C=C\C/C=C\CCC(=O)OCC(O)COP(=O)(O)OCC(O)COP(=O)(O)OCC(COC(=O)CCC/C=C\C/C=C\C/C=C\C/C=C\C/C=C\CC)OC(=O)CCC/C=C\C/C=C\C/C=C\C/C=C\C/C=C\CC. The van der Waals surface area contributed by atoms with Crippen molar-refractivity contribution in [3.63, 3.8) is 0 Å². The first-order valence-corrected chi connectivity index (χ1v) is 34.7. The van der Waals surface area contributed by atoms with Gasteiger partial charge in [-0.25, -0.2) is 9.13 Å². The smallest absolute Gasteiger partial charge is 0.463 e. The van der Waals surface area contributed by atoms with Crippen molar-refractivity contribution in [2.45, 2.75) is 193 Å². The van der Waals surface area contributed by atoms with E-state index in [4.69, 9.17) is 32.3 Å². The van der Waals surface area contributed by atoms with Crippen LogP contribution in [-0.4, -0.2) is 95.9 Å². The van der Waals surface area contributed by atoms with Gasteiger partial charge in [-0.3, -0.25) is 32.5 Å². The summed E-state index contributed by atoms with van der Waals surface area (Å²) in [5.74, 6) is -1.82. The number of esters is 3. The van der Waals surface area contributed by atoms with Crippen molar-refractivity contribution in [2.24, 2.45) is 0 Å². The van der Waals surface area contributed by atoms with Crippen molar-refractivity contribution >= 4 is 33.6 Å². The van der Waals surface area contributed by atoms with Crippen molar-refractivity contribution in [1.29, 1.82) is 0 Å². The zero-order chi connectivity index (χ0) is 65.3. The highest BCUT2D eigenvalue weighted by Crippen LogP contribution is 2.45. The fraction of sp³-hybridized carbons (Fsp3) is 0.507. The van der Waals surface area contributed by atoms with Crippen LogP contribution in [0.2, 0.25) is 0 Å². The highest BCUT2D eigenvalue weighted by molar-refractivity contribution is 7.47. The standard InChI is InChI=1S/C71H108O16P2/c1-4-7-10-13-16-19-22-25-28-31-32-35-37-39-42-45-48-51-54-57-69(74)81-60-66(72)61-83-88(77,78)84-62-67(73)63-85-89(79,80)86-65-68(87-71(76)59-56-53-50-47-44-41-38-34-30-27-24-21-18-15-12-9-6-3)64-82-70(75)58-55-52-49-46-43-40-36-33-29-26-23-20-17-14-11-8-5-2/h7-12,16-21,25-30,32,35-36,38-42,46-51,66-68,72-73H,4-6,13-15,22-24,31,33-34,37,43-45,52-65H2,1-3H3,(H,77,78)(H,79,80)/b10-7-,11-8-,12-9-,19-16-,20-17-,21-18-,28-25-,29-26-,30-27-,35-32-,40-36-,41-38-,42-39-,49-46-,50-47-,51-48-. The van der Waals surface area contributed by atoms with Crippen molar-refractivity contribution < 1.29 is 75.8 Å². The van der Waals surface area contributed by atoms with Crippen LogP contribution in [0.25, 0.3) is 0 Å². The van der Waals surface area contributed by atoms with Gasteiger partial charge in [0.2, 0.25) is 0 Å². The van der Waals surface area contributed by atoms with Gasteiger partial charge in [0.15, 0.2) is 6.10 Å². The first-order valence-electron chi connectivity index (χ1n) is 31.7. The van der Waals surface area contributed by atoms with Crippen LogP contribution in [0.1, 0.15) is 175 Å². The summed E-state index contributed by atoms with van der Waals surface area (Å²) < 4.78 is 60.5. The number of aliphatic hydroxyl groups is 2. The van der Waals surface area contributed by atoms with E-state index in [1.165, 1.54) is 0 Å². The Kier molecular flexibility index (Phi) is 58.6. The Morgan fingerprint density at radius 3 is 0.888 bits per heavy atom. The first-order chi connectivity index (χ1) is 43.2. The van der Waals surface area contributed by atoms with Crippen LogP contribution >= 0.6 is 15.6 Å². The summed E-state index contributed by atoms with van der Waals surface area (Å²) >= 11 is 0. The van der Waals surface area contributed by atoms with Gasteiger partial charge in [-0.05, 0) is 135 Å². The second-order valence-electron chi connectivity index (χ2n) is 20.1. The van der Waals surface area contributed by atoms with Gasteiger partial charge in [0, 0.05) is 19.3 Å². The lowest BCUT2D eigenvalue weighted by Crippen LogP contribution is -2.30. The molecule has 0 aromatic rings. The number of unbranched alkanes of at least 4 members (excludes halogenated alkanes) is 2. The molecule has 18 heteroatoms. The minimum absolute atomic E-state index is 0.00262.